The Bertz CT molecular complexity index is 274. The van der Waals surface area contributed by atoms with Crippen LogP contribution < -0.4 is 0 Å². The number of halogens is 1. The molecule has 0 heterocycles. The van der Waals surface area contributed by atoms with Gasteiger partial charge in [-0.15, -0.1) is 0 Å². The van der Waals surface area contributed by atoms with E-state index in [1.165, 1.54) is 0 Å². The zero-order valence-corrected chi connectivity index (χ0v) is 12.9. The largest absolute Gasteiger partial charge is 0.463 e. The first-order valence-electron chi connectivity index (χ1n) is 7.56. The lowest BCUT2D eigenvalue weighted by atomic mass is 9.97. The molecule has 0 aromatic carbocycles. The van der Waals surface area contributed by atoms with Crippen LogP contribution in [0.1, 0.15) is 65.7 Å². The Balaban J connectivity index is 4.39. The number of hydrogen-bond donors (Lipinski definition) is 0. The zero-order chi connectivity index (χ0) is 15.4. The summed E-state index contributed by atoms with van der Waals surface area (Å²) in [6.07, 6.45) is 5.46. The number of ether oxygens (including phenoxy) is 2. The average Bonchev–Trinajstić information content (AvgIpc) is 2.42. The highest BCUT2D eigenvalue weighted by Gasteiger charge is 2.49. The van der Waals surface area contributed by atoms with Crippen molar-refractivity contribution in [2.24, 2.45) is 0 Å². The molecule has 5 heteroatoms. The first kappa shape index (κ1) is 18.9. The van der Waals surface area contributed by atoms with Gasteiger partial charge in [0.15, 0.2) is 0 Å². The van der Waals surface area contributed by atoms with Gasteiger partial charge in [0.2, 0.25) is 0 Å². The van der Waals surface area contributed by atoms with E-state index in [0.29, 0.717) is 6.42 Å². The van der Waals surface area contributed by atoms with Crippen LogP contribution in [0.25, 0.3) is 0 Å². The highest BCUT2D eigenvalue weighted by molar-refractivity contribution is 6.03. The third-order valence-electron chi connectivity index (χ3n) is 3.07. The van der Waals surface area contributed by atoms with Crippen molar-refractivity contribution in [2.45, 2.75) is 71.4 Å². The van der Waals surface area contributed by atoms with Crippen molar-refractivity contribution in [3.05, 3.63) is 0 Å². The number of unbranched alkanes of at least 4 members (excludes halogenated alkanes) is 5. The molecule has 0 rings (SSSR count). The van der Waals surface area contributed by atoms with Crippen molar-refractivity contribution in [3.8, 4) is 0 Å². The monoisotopic (exact) mass is 290 g/mol. The molecule has 0 aliphatic heterocycles. The van der Waals surface area contributed by atoms with E-state index >= 15 is 0 Å². The predicted octanol–water partition coefficient (Wildman–Crippen LogP) is 3.57. The summed E-state index contributed by atoms with van der Waals surface area (Å²) in [5.41, 5.74) is -2.66. The van der Waals surface area contributed by atoms with Crippen molar-refractivity contribution in [2.75, 3.05) is 13.2 Å². The molecule has 4 nitrogen and oxygen atoms in total. The summed E-state index contributed by atoms with van der Waals surface area (Å²) < 4.78 is 23.9. The standard InChI is InChI=1S/C15H27FO4/c1-4-7-8-9-10-11-12-15(16,13(17)19-5-2)14(18)20-6-3/h4-12H2,1-3H3. The quantitative estimate of drug-likeness (QED) is 0.331. The molecule has 0 atom stereocenters. The lowest BCUT2D eigenvalue weighted by Crippen LogP contribution is -2.45. The highest BCUT2D eigenvalue weighted by atomic mass is 19.1. The molecule has 0 saturated heterocycles. The SMILES string of the molecule is CCCCCCCCC(F)(C(=O)OCC)C(=O)OCC. The molecular formula is C15H27FO4. The average molecular weight is 290 g/mol. The van der Waals surface area contributed by atoms with Gasteiger partial charge in [-0.3, -0.25) is 0 Å². The van der Waals surface area contributed by atoms with E-state index in [4.69, 9.17) is 0 Å². The summed E-state index contributed by atoms with van der Waals surface area (Å²) in [7, 11) is 0. The van der Waals surface area contributed by atoms with Gasteiger partial charge in [-0.05, 0) is 20.3 Å². The van der Waals surface area contributed by atoms with Crippen molar-refractivity contribution < 1.29 is 23.5 Å². The molecule has 0 aromatic heterocycles. The van der Waals surface area contributed by atoms with Gasteiger partial charge in [-0.1, -0.05) is 39.0 Å². The Morgan fingerprint density at radius 1 is 0.850 bits per heavy atom. The summed E-state index contributed by atoms with van der Waals surface area (Å²) in [6, 6.07) is 0. The third-order valence-corrected chi connectivity index (χ3v) is 3.07. The number of hydrogen-bond acceptors (Lipinski definition) is 4. The summed E-state index contributed by atoms with van der Waals surface area (Å²) >= 11 is 0. The maximum atomic E-state index is 14.6. The summed E-state index contributed by atoms with van der Waals surface area (Å²) in [6.45, 7) is 5.36. The fourth-order valence-electron chi connectivity index (χ4n) is 1.93. The number of alkyl halides is 1. The minimum absolute atomic E-state index is 0.0421. The van der Waals surface area contributed by atoms with Crippen molar-refractivity contribution >= 4 is 11.9 Å². The number of carbonyl (C=O) groups excluding carboxylic acids is 2. The maximum absolute atomic E-state index is 14.6. The summed E-state index contributed by atoms with van der Waals surface area (Å²) in [4.78, 5) is 23.3. The van der Waals surface area contributed by atoms with Gasteiger partial charge >= 0.3 is 17.6 Å². The Labute approximate surface area is 121 Å². The van der Waals surface area contributed by atoms with Gasteiger partial charge in [0.1, 0.15) is 0 Å². The molecular weight excluding hydrogens is 263 g/mol. The second kappa shape index (κ2) is 10.6. The van der Waals surface area contributed by atoms with Crippen LogP contribution in [0.4, 0.5) is 4.39 Å². The minimum atomic E-state index is -2.66. The summed E-state index contributed by atoms with van der Waals surface area (Å²) in [5, 5.41) is 0. The van der Waals surface area contributed by atoms with E-state index in [9.17, 15) is 14.0 Å². The van der Waals surface area contributed by atoms with Crippen molar-refractivity contribution in [1.29, 1.82) is 0 Å². The Morgan fingerprint density at radius 2 is 1.30 bits per heavy atom. The molecule has 20 heavy (non-hydrogen) atoms. The van der Waals surface area contributed by atoms with Crippen LogP contribution >= 0.6 is 0 Å². The smallest absolute Gasteiger partial charge is 0.355 e. The van der Waals surface area contributed by atoms with Gasteiger partial charge in [0.25, 0.3) is 0 Å². The molecule has 0 aliphatic rings. The normalized spacial score (nSPS) is 11.2. The fraction of sp³-hybridized carbons (Fsp3) is 0.867. The summed E-state index contributed by atoms with van der Waals surface area (Å²) in [5.74, 6) is -2.26. The van der Waals surface area contributed by atoms with E-state index in [1.54, 1.807) is 13.8 Å². The molecule has 0 spiro atoms. The van der Waals surface area contributed by atoms with Gasteiger partial charge in [0, 0.05) is 6.42 Å². The van der Waals surface area contributed by atoms with E-state index in [0.717, 1.165) is 32.1 Å². The van der Waals surface area contributed by atoms with Crippen LogP contribution in [-0.4, -0.2) is 30.8 Å². The molecule has 0 aliphatic carbocycles. The molecule has 0 radical (unpaired) electrons. The van der Waals surface area contributed by atoms with Crippen molar-refractivity contribution in [3.63, 3.8) is 0 Å². The molecule has 0 bridgehead atoms. The fourth-order valence-corrected chi connectivity index (χ4v) is 1.93. The molecule has 118 valence electrons. The third kappa shape index (κ3) is 6.35. The van der Waals surface area contributed by atoms with Crippen LogP contribution in [-0.2, 0) is 19.1 Å². The topological polar surface area (TPSA) is 52.6 Å². The molecule has 0 amide bonds. The molecule has 0 fully saturated rings. The second-order valence-corrected chi connectivity index (χ2v) is 4.76. The van der Waals surface area contributed by atoms with Crippen molar-refractivity contribution in [1.82, 2.24) is 0 Å². The van der Waals surface area contributed by atoms with Gasteiger partial charge in [-0.2, -0.15) is 0 Å². The van der Waals surface area contributed by atoms with E-state index in [1.807, 2.05) is 0 Å². The highest BCUT2D eigenvalue weighted by Crippen LogP contribution is 2.24. The first-order chi connectivity index (χ1) is 9.52. The Hall–Kier alpha value is -1.13. The molecule has 0 saturated carbocycles. The molecule has 0 unspecified atom stereocenters. The van der Waals surface area contributed by atoms with Crippen LogP contribution in [0.5, 0.6) is 0 Å². The second-order valence-electron chi connectivity index (χ2n) is 4.76. The number of esters is 2. The first-order valence-corrected chi connectivity index (χ1v) is 7.56. The zero-order valence-electron chi connectivity index (χ0n) is 12.9. The lowest BCUT2D eigenvalue weighted by molar-refractivity contribution is -0.175. The maximum Gasteiger partial charge on any atom is 0.355 e. The van der Waals surface area contributed by atoms with Crippen LogP contribution in [0, 0.1) is 0 Å². The number of carbonyl (C=O) groups is 2. The lowest BCUT2D eigenvalue weighted by Gasteiger charge is -2.21. The van der Waals surface area contributed by atoms with Gasteiger partial charge < -0.3 is 9.47 Å². The van der Waals surface area contributed by atoms with Crippen LogP contribution in [0.3, 0.4) is 0 Å². The van der Waals surface area contributed by atoms with Gasteiger partial charge in [0.05, 0.1) is 13.2 Å². The van der Waals surface area contributed by atoms with Crippen LogP contribution in [0.2, 0.25) is 0 Å². The predicted molar refractivity (Wildman–Crippen MR) is 75.1 cm³/mol. The Kier molecular flexibility index (Phi) is 10.0. The minimum Gasteiger partial charge on any atom is -0.463 e. The van der Waals surface area contributed by atoms with E-state index < -0.39 is 17.6 Å². The molecule has 0 aromatic rings. The van der Waals surface area contributed by atoms with E-state index in [2.05, 4.69) is 16.4 Å². The van der Waals surface area contributed by atoms with Gasteiger partial charge in [-0.25, -0.2) is 14.0 Å². The Morgan fingerprint density at radius 3 is 1.75 bits per heavy atom. The van der Waals surface area contributed by atoms with Crippen LogP contribution in [0.15, 0.2) is 0 Å². The van der Waals surface area contributed by atoms with E-state index in [-0.39, 0.29) is 19.6 Å². The number of rotatable bonds is 11. The molecule has 0 N–H and O–H groups in total.